The van der Waals surface area contributed by atoms with Crippen molar-refractivity contribution in [1.29, 1.82) is 0 Å². The molecule has 2 aromatic heterocycles. The third-order valence-electron chi connectivity index (χ3n) is 3.52. The standard InChI is InChI=1S/C18H13N3OS/c1-22-16-9-5-4-8-15(16)21-18-19-11-13-10-12-6-2-3-7-14(12)20-17(13)23-18/h2-11H,1H3. The van der Waals surface area contributed by atoms with E-state index in [1.54, 1.807) is 7.11 Å². The maximum atomic E-state index is 5.33. The molecule has 0 saturated heterocycles. The molecular formula is C18H13N3OS. The SMILES string of the molecule is COc1ccccc1N=c1ncc2cc3ccccc3nc2s1. The van der Waals surface area contributed by atoms with Gasteiger partial charge in [0.05, 0.1) is 12.6 Å². The van der Waals surface area contributed by atoms with E-state index >= 15 is 0 Å². The van der Waals surface area contributed by atoms with Gasteiger partial charge in [0.25, 0.3) is 0 Å². The predicted octanol–water partition coefficient (Wildman–Crippen LogP) is 4.09. The van der Waals surface area contributed by atoms with Crippen LogP contribution >= 0.6 is 11.3 Å². The Morgan fingerprint density at radius 2 is 1.83 bits per heavy atom. The lowest BCUT2D eigenvalue weighted by Crippen LogP contribution is -2.02. The minimum absolute atomic E-state index is 0.657. The van der Waals surface area contributed by atoms with Crippen LogP contribution in [0.25, 0.3) is 21.1 Å². The van der Waals surface area contributed by atoms with E-state index in [-0.39, 0.29) is 0 Å². The number of ether oxygens (including phenoxy) is 1. The quantitative estimate of drug-likeness (QED) is 0.523. The molecule has 0 atom stereocenters. The van der Waals surface area contributed by atoms with Crippen molar-refractivity contribution in [2.75, 3.05) is 7.11 Å². The van der Waals surface area contributed by atoms with Gasteiger partial charge in [-0.1, -0.05) is 41.7 Å². The van der Waals surface area contributed by atoms with Gasteiger partial charge in [-0.25, -0.2) is 15.0 Å². The highest BCUT2D eigenvalue weighted by Gasteiger charge is 2.02. The molecule has 0 amide bonds. The molecule has 0 aliphatic carbocycles. The summed E-state index contributed by atoms with van der Waals surface area (Å²) in [7, 11) is 1.64. The normalized spacial score (nSPS) is 12.0. The van der Waals surface area contributed by atoms with E-state index in [0.29, 0.717) is 4.80 Å². The number of hydrogen-bond acceptors (Lipinski definition) is 5. The van der Waals surface area contributed by atoms with Gasteiger partial charge in [0.15, 0.2) is 0 Å². The molecule has 0 unspecified atom stereocenters. The molecule has 0 radical (unpaired) electrons. The Morgan fingerprint density at radius 3 is 2.74 bits per heavy atom. The van der Waals surface area contributed by atoms with E-state index in [0.717, 1.165) is 32.6 Å². The topological polar surface area (TPSA) is 47.4 Å². The first-order valence-electron chi connectivity index (χ1n) is 7.17. The Balaban J connectivity index is 1.91. The zero-order valence-corrected chi connectivity index (χ0v) is 13.2. The van der Waals surface area contributed by atoms with E-state index in [4.69, 9.17) is 9.72 Å². The number of pyridine rings is 1. The molecule has 0 N–H and O–H groups in total. The van der Waals surface area contributed by atoms with Gasteiger partial charge in [0, 0.05) is 17.0 Å². The minimum Gasteiger partial charge on any atom is -0.494 e. The molecule has 0 aliphatic heterocycles. The number of benzene rings is 2. The number of methoxy groups -OCH3 is 1. The van der Waals surface area contributed by atoms with Gasteiger partial charge < -0.3 is 4.74 Å². The van der Waals surface area contributed by atoms with Gasteiger partial charge in [-0.15, -0.1) is 0 Å². The fraction of sp³-hybridized carbons (Fsp3) is 0.0556. The summed E-state index contributed by atoms with van der Waals surface area (Å²) >= 11 is 1.47. The number of para-hydroxylation sites is 3. The lowest BCUT2D eigenvalue weighted by Gasteiger charge is -2.03. The van der Waals surface area contributed by atoms with Crippen LogP contribution in [0.2, 0.25) is 0 Å². The van der Waals surface area contributed by atoms with Gasteiger partial charge in [0.2, 0.25) is 4.80 Å². The third-order valence-corrected chi connectivity index (χ3v) is 4.42. The van der Waals surface area contributed by atoms with Crippen molar-refractivity contribution >= 4 is 38.1 Å². The molecule has 4 aromatic rings. The second-order valence-electron chi connectivity index (χ2n) is 5.00. The highest BCUT2D eigenvalue weighted by Crippen LogP contribution is 2.26. The van der Waals surface area contributed by atoms with Crippen molar-refractivity contribution in [3.63, 3.8) is 0 Å². The van der Waals surface area contributed by atoms with Gasteiger partial charge in [0.1, 0.15) is 16.3 Å². The summed E-state index contributed by atoms with van der Waals surface area (Å²) in [6, 6.07) is 17.8. The second-order valence-corrected chi connectivity index (χ2v) is 5.96. The summed E-state index contributed by atoms with van der Waals surface area (Å²) in [5.74, 6) is 0.730. The molecule has 23 heavy (non-hydrogen) atoms. The Hall–Kier alpha value is -2.79. The van der Waals surface area contributed by atoms with Crippen LogP contribution in [0.4, 0.5) is 5.69 Å². The average Bonchev–Trinajstić information content (AvgIpc) is 2.60. The van der Waals surface area contributed by atoms with Gasteiger partial charge >= 0.3 is 0 Å². The highest BCUT2D eigenvalue weighted by molar-refractivity contribution is 7.15. The third kappa shape index (κ3) is 2.66. The fourth-order valence-electron chi connectivity index (χ4n) is 2.40. The molecule has 0 spiro atoms. The zero-order valence-electron chi connectivity index (χ0n) is 12.4. The first-order chi connectivity index (χ1) is 11.3. The zero-order chi connectivity index (χ0) is 15.6. The van der Waals surface area contributed by atoms with E-state index in [2.05, 4.69) is 22.1 Å². The molecule has 2 aromatic carbocycles. The molecule has 4 rings (SSSR count). The van der Waals surface area contributed by atoms with Crippen molar-refractivity contribution in [2.24, 2.45) is 4.99 Å². The van der Waals surface area contributed by atoms with Gasteiger partial charge in [-0.3, -0.25) is 0 Å². The van der Waals surface area contributed by atoms with Crippen molar-refractivity contribution in [3.05, 3.63) is 65.6 Å². The van der Waals surface area contributed by atoms with E-state index < -0.39 is 0 Å². The van der Waals surface area contributed by atoms with E-state index in [9.17, 15) is 0 Å². The maximum absolute atomic E-state index is 5.33. The van der Waals surface area contributed by atoms with Crippen molar-refractivity contribution in [1.82, 2.24) is 9.97 Å². The summed E-state index contributed by atoms with van der Waals surface area (Å²) < 4.78 is 5.33. The van der Waals surface area contributed by atoms with Crippen LogP contribution < -0.4 is 9.54 Å². The molecule has 0 saturated carbocycles. The first kappa shape index (κ1) is 13.8. The van der Waals surface area contributed by atoms with Crippen LogP contribution in [0.1, 0.15) is 0 Å². The number of aromatic nitrogens is 2. The number of rotatable bonds is 2. The predicted molar refractivity (Wildman–Crippen MR) is 93.1 cm³/mol. The Morgan fingerprint density at radius 1 is 1.00 bits per heavy atom. The molecule has 0 bridgehead atoms. The fourth-order valence-corrected chi connectivity index (χ4v) is 3.20. The van der Waals surface area contributed by atoms with E-state index in [1.807, 2.05) is 48.7 Å². The van der Waals surface area contributed by atoms with Crippen LogP contribution in [0.5, 0.6) is 5.75 Å². The average molecular weight is 319 g/mol. The van der Waals surface area contributed by atoms with Crippen LogP contribution in [-0.2, 0) is 0 Å². The first-order valence-corrected chi connectivity index (χ1v) is 7.98. The number of nitrogens with zero attached hydrogens (tertiary/aromatic N) is 3. The number of hydrogen-bond donors (Lipinski definition) is 0. The summed E-state index contributed by atoms with van der Waals surface area (Å²) in [6.45, 7) is 0. The largest absolute Gasteiger partial charge is 0.494 e. The summed E-state index contributed by atoms with van der Waals surface area (Å²) in [6.07, 6.45) is 1.82. The summed E-state index contributed by atoms with van der Waals surface area (Å²) in [5, 5.41) is 2.14. The Bertz CT molecular complexity index is 1070. The summed E-state index contributed by atoms with van der Waals surface area (Å²) in [4.78, 5) is 15.3. The highest BCUT2D eigenvalue weighted by atomic mass is 32.1. The van der Waals surface area contributed by atoms with Crippen LogP contribution in [0.15, 0.2) is 65.8 Å². The van der Waals surface area contributed by atoms with Crippen LogP contribution in [-0.4, -0.2) is 17.1 Å². The molecule has 0 aliphatic rings. The van der Waals surface area contributed by atoms with Crippen LogP contribution in [0.3, 0.4) is 0 Å². The van der Waals surface area contributed by atoms with Crippen LogP contribution in [0, 0.1) is 0 Å². The molecule has 5 heteroatoms. The molecule has 0 fully saturated rings. The molecular weight excluding hydrogens is 306 g/mol. The Labute approximate surface area is 136 Å². The minimum atomic E-state index is 0.657. The van der Waals surface area contributed by atoms with Crippen molar-refractivity contribution < 1.29 is 4.74 Å². The summed E-state index contributed by atoms with van der Waals surface area (Å²) in [5.41, 5.74) is 1.74. The van der Waals surface area contributed by atoms with Gasteiger partial charge in [-0.05, 0) is 24.3 Å². The van der Waals surface area contributed by atoms with Crippen molar-refractivity contribution in [2.45, 2.75) is 0 Å². The van der Waals surface area contributed by atoms with E-state index in [1.165, 1.54) is 11.3 Å². The lowest BCUT2D eigenvalue weighted by atomic mass is 10.2. The lowest BCUT2D eigenvalue weighted by molar-refractivity contribution is 0.416. The second kappa shape index (κ2) is 5.78. The molecule has 112 valence electrons. The number of fused-ring (bicyclic) bond motifs is 2. The maximum Gasteiger partial charge on any atom is 0.211 e. The Kier molecular flexibility index (Phi) is 3.48. The molecule has 4 nitrogen and oxygen atoms in total. The smallest absolute Gasteiger partial charge is 0.211 e. The van der Waals surface area contributed by atoms with Crippen molar-refractivity contribution in [3.8, 4) is 5.75 Å². The molecule has 2 heterocycles. The van der Waals surface area contributed by atoms with Gasteiger partial charge in [-0.2, -0.15) is 0 Å². The monoisotopic (exact) mass is 319 g/mol.